The van der Waals surface area contributed by atoms with Crippen molar-refractivity contribution in [1.82, 2.24) is 5.32 Å². The van der Waals surface area contributed by atoms with Gasteiger partial charge in [-0.05, 0) is 23.3 Å². The second-order valence-corrected chi connectivity index (χ2v) is 9.09. The zero-order valence-corrected chi connectivity index (χ0v) is 18.3. The molecule has 0 saturated carbocycles. The smallest absolute Gasteiger partial charge is 0.338 e. The molecule has 0 bridgehead atoms. The van der Waals surface area contributed by atoms with E-state index in [1.807, 2.05) is 60.7 Å². The number of hydrogen-bond donors (Lipinski definition) is 1. The monoisotopic (exact) mass is 468 g/mol. The molecular formula is C23H20N2O7S. The zero-order chi connectivity index (χ0) is 24.0. The van der Waals surface area contributed by atoms with Crippen molar-refractivity contribution < 1.29 is 27.7 Å². The third-order valence-corrected chi connectivity index (χ3v) is 5.84. The van der Waals surface area contributed by atoms with Crippen LogP contribution in [0.15, 0.2) is 83.8 Å². The Hall–Kier alpha value is -4.05. The highest BCUT2D eigenvalue weighted by atomic mass is 32.2. The molecule has 0 radical (unpaired) electrons. The van der Waals surface area contributed by atoms with Gasteiger partial charge in [0.1, 0.15) is 4.90 Å². The molecule has 1 N–H and O–H groups in total. The number of benzene rings is 3. The van der Waals surface area contributed by atoms with Gasteiger partial charge in [-0.25, -0.2) is 13.2 Å². The molecule has 3 aromatic carbocycles. The van der Waals surface area contributed by atoms with Crippen LogP contribution in [-0.4, -0.2) is 38.1 Å². The van der Waals surface area contributed by atoms with Gasteiger partial charge in [-0.3, -0.25) is 14.9 Å². The quantitative estimate of drug-likeness (QED) is 0.305. The van der Waals surface area contributed by atoms with Crippen LogP contribution in [0, 0.1) is 10.1 Å². The maximum atomic E-state index is 12.5. The fourth-order valence-corrected chi connectivity index (χ4v) is 4.00. The number of carbonyl (C=O) groups excluding carboxylic acids is 2. The Labute approximate surface area is 190 Å². The number of nitro groups is 1. The Morgan fingerprint density at radius 1 is 0.970 bits per heavy atom. The van der Waals surface area contributed by atoms with Crippen LogP contribution in [-0.2, 0) is 19.4 Å². The first-order chi connectivity index (χ1) is 15.7. The molecule has 0 heterocycles. The number of nitrogens with one attached hydrogen (secondary N) is 1. The van der Waals surface area contributed by atoms with Crippen molar-refractivity contribution in [3.63, 3.8) is 0 Å². The number of hydrogen-bond acceptors (Lipinski definition) is 7. The maximum absolute atomic E-state index is 12.5. The van der Waals surface area contributed by atoms with Crippen molar-refractivity contribution in [3.05, 3.63) is 106 Å². The summed E-state index contributed by atoms with van der Waals surface area (Å²) in [7, 11) is -3.87. The molecule has 0 aromatic heterocycles. The van der Waals surface area contributed by atoms with E-state index < -0.39 is 49.9 Å². The highest BCUT2D eigenvalue weighted by molar-refractivity contribution is 7.90. The number of sulfone groups is 1. The van der Waals surface area contributed by atoms with Gasteiger partial charge in [0.25, 0.3) is 11.6 Å². The minimum atomic E-state index is -3.87. The first-order valence-electron chi connectivity index (χ1n) is 9.71. The van der Waals surface area contributed by atoms with Crippen molar-refractivity contribution in [2.24, 2.45) is 0 Å². The Balaban J connectivity index is 1.73. The average molecular weight is 468 g/mol. The van der Waals surface area contributed by atoms with Crippen LogP contribution >= 0.6 is 0 Å². The normalized spacial score (nSPS) is 11.1. The SMILES string of the molecule is CS(=O)(=O)c1ccc(C(=O)OCC(=O)NC(c2ccccc2)c2ccccc2)cc1[N+](=O)[O-]. The van der Waals surface area contributed by atoms with Crippen LogP contribution in [0.2, 0.25) is 0 Å². The van der Waals surface area contributed by atoms with E-state index >= 15 is 0 Å². The fraction of sp³-hybridized carbons (Fsp3) is 0.130. The van der Waals surface area contributed by atoms with E-state index in [1.54, 1.807) is 0 Å². The van der Waals surface area contributed by atoms with Crippen molar-refractivity contribution >= 4 is 27.4 Å². The molecule has 0 aliphatic heterocycles. The van der Waals surface area contributed by atoms with Crippen molar-refractivity contribution in [2.45, 2.75) is 10.9 Å². The van der Waals surface area contributed by atoms with Crippen molar-refractivity contribution in [2.75, 3.05) is 12.9 Å². The average Bonchev–Trinajstić information content (AvgIpc) is 2.81. The third-order valence-electron chi connectivity index (χ3n) is 4.70. The summed E-state index contributed by atoms with van der Waals surface area (Å²) in [6.07, 6.45) is 0.827. The Morgan fingerprint density at radius 3 is 2.00 bits per heavy atom. The van der Waals surface area contributed by atoms with Crippen LogP contribution in [0.3, 0.4) is 0 Å². The van der Waals surface area contributed by atoms with E-state index in [-0.39, 0.29) is 5.56 Å². The van der Waals surface area contributed by atoms with Crippen LogP contribution in [0.1, 0.15) is 27.5 Å². The van der Waals surface area contributed by atoms with Crippen LogP contribution < -0.4 is 5.32 Å². The second kappa shape index (κ2) is 10.0. The lowest BCUT2D eigenvalue weighted by molar-refractivity contribution is -0.387. The van der Waals surface area contributed by atoms with Gasteiger partial charge in [-0.1, -0.05) is 60.7 Å². The number of esters is 1. The summed E-state index contributed by atoms with van der Waals surface area (Å²) in [4.78, 5) is 34.7. The van der Waals surface area contributed by atoms with E-state index in [2.05, 4.69) is 5.32 Å². The number of carbonyl (C=O) groups is 2. The minimum Gasteiger partial charge on any atom is -0.452 e. The first kappa shape index (κ1) is 23.6. The predicted molar refractivity (Wildman–Crippen MR) is 119 cm³/mol. The molecular weight excluding hydrogens is 448 g/mol. The number of nitro benzene ring substituents is 1. The summed E-state index contributed by atoms with van der Waals surface area (Å²) in [5, 5.41) is 14.0. The lowest BCUT2D eigenvalue weighted by Gasteiger charge is -2.20. The second-order valence-electron chi connectivity index (χ2n) is 7.11. The summed E-state index contributed by atoms with van der Waals surface area (Å²) < 4.78 is 28.4. The number of rotatable bonds is 8. The molecule has 10 heteroatoms. The van der Waals surface area contributed by atoms with E-state index in [1.165, 1.54) is 0 Å². The zero-order valence-electron chi connectivity index (χ0n) is 17.5. The maximum Gasteiger partial charge on any atom is 0.338 e. The minimum absolute atomic E-state index is 0.246. The van der Waals surface area contributed by atoms with Gasteiger partial charge in [-0.2, -0.15) is 0 Å². The predicted octanol–water partition coefficient (Wildman–Crippen LogP) is 3.06. The highest BCUT2D eigenvalue weighted by Gasteiger charge is 2.25. The number of nitrogens with zero attached hydrogens (tertiary/aromatic N) is 1. The molecule has 9 nitrogen and oxygen atoms in total. The third kappa shape index (κ3) is 6.01. The van der Waals surface area contributed by atoms with Crippen LogP contribution in [0.25, 0.3) is 0 Å². The molecule has 33 heavy (non-hydrogen) atoms. The standard InChI is InChI=1S/C23H20N2O7S/c1-33(30,31)20-13-12-18(14-19(20)25(28)29)23(27)32-15-21(26)24-22(16-8-4-2-5-9-16)17-10-6-3-7-11-17/h2-14,22H,15H2,1H3,(H,24,26). The largest absolute Gasteiger partial charge is 0.452 e. The summed E-state index contributed by atoms with van der Waals surface area (Å²) >= 11 is 0. The molecule has 0 aliphatic rings. The molecule has 0 atom stereocenters. The molecule has 0 unspecified atom stereocenters. The fourth-order valence-electron chi connectivity index (χ4n) is 3.17. The number of ether oxygens (including phenoxy) is 1. The molecule has 0 spiro atoms. The van der Waals surface area contributed by atoms with Gasteiger partial charge in [-0.15, -0.1) is 0 Å². The summed E-state index contributed by atoms with van der Waals surface area (Å²) in [6, 6.07) is 20.9. The number of amides is 1. The van der Waals surface area contributed by atoms with E-state index in [4.69, 9.17) is 4.74 Å². The van der Waals surface area contributed by atoms with Gasteiger partial charge < -0.3 is 10.1 Å². The first-order valence-corrected chi connectivity index (χ1v) is 11.6. The molecule has 1 amide bonds. The summed E-state index contributed by atoms with van der Waals surface area (Å²) in [5.41, 5.74) is 0.667. The summed E-state index contributed by atoms with van der Waals surface area (Å²) in [5.74, 6) is -1.58. The molecule has 170 valence electrons. The van der Waals surface area contributed by atoms with E-state index in [0.29, 0.717) is 0 Å². The lowest BCUT2D eigenvalue weighted by atomic mass is 9.99. The van der Waals surface area contributed by atoms with Gasteiger partial charge in [0.2, 0.25) is 0 Å². The lowest BCUT2D eigenvalue weighted by Crippen LogP contribution is -2.33. The van der Waals surface area contributed by atoms with Gasteiger partial charge >= 0.3 is 5.97 Å². The van der Waals surface area contributed by atoms with Crippen molar-refractivity contribution in [3.8, 4) is 0 Å². The molecule has 3 rings (SSSR count). The van der Waals surface area contributed by atoms with Gasteiger partial charge in [0, 0.05) is 12.3 Å². The highest BCUT2D eigenvalue weighted by Crippen LogP contribution is 2.25. The van der Waals surface area contributed by atoms with Gasteiger partial charge in [0.05, 0.1) is 16.5 Å². The Morgan fingerprint density at radius 2 is 1.52 bits per heavy atom. The molecule has 0 aliphatic carbocycles. The molecule has 3 aromatic rings. The van der Waals surface area contributed by atoms with Crippen LogP contribution in [0.5, 0.6) is 0 Å². The van der Waals surface area contributed by atoms with Crippen molar-refractivity contribution in [1.29, 1.82) is 0 Å². The topological polar surface area (TPSA) is 133 Å². The van der Waals surface area contributed by atoms with Crippen LogP contribution in [0.4, 0.5) is 5.69 Å². The van der Waals surface area contributed by atoms with E-state index in [9.17, 15) is 28.1 Å². The molecule has 0 fully saturated rings. The van der Waals surface area contributed by atoms with E-state index in [0.717, 1.165) is 35.6 Å². The Kier molecular flexibility index (Phi) is 7.19. The summed E-state index contributed by atoms with van der Waals surface area (Å²) in [6.45, 7) is -0.628. The van der Waals surface area contributed by atoms with Gasteiger partial charge in [0.15, 0.2) is 16.4 Å². The Bertz CT molecular complexity index is 1240. The molecule has 0 saturated heterocycles.